The molecular formula is C38H36N2O4. The van der Waals surface area contributed by atoms with Crippen LogP contribution < -0.4 is 9.47 Å². The van der Waals surface area contributed by atoms with E-state index in [1.54, 1.807) is 41.4 Å². The molecule has 2 aliphatic rings. The minimum Gasteiger partial charge on any atom is -0.494 e. The first-order valence-electron chi connectivity index (χ1n) is 15.3. The lowest BCUT2D eigenvalue weighted by molar-refractivity contribution is 0.0680. The first-order valence-corrected chi connectivity index (χ1v) is 15.3. The van der Waals surface area contributed by atoms with E-state index in [1.165, 1.54) is 0 Å². The molecule has 4 aromatic carbocycles. The molecule has 0 radical (unpaired) electrons. The van der Waals surface area contributed by atoms with Gasteiger partial charge in [-0.05, 0) is 92.3 Å². The van der Waals surface area contributed by atoms with Gasteiger partial charge in [-0.2, -0.15) is 5.10 Å². The van der Waals surface area contributed by atoms with Crippen LogP contribution in [0.3, 0.4) is 0 Å². The Balaban J connectivity index is 1.33. The highest BCUT2D eigenvalue weighted by Crippen LogP contribution is 2.45. The number of allylic oxidation sites excluding steroid dienone is 1. The standard InChI is InChI=1S/C38H36N2O4/c1-3-43-32-21-13-26(14-22-32)25-31-11-8-12-34-35(31)39-40(36(34)27-19-23-33(24-20-27)44-4-2)38(42)30-17-15-29(16-18-30)37(41)28-9-6-5-7-10-28/h5-7,9-10,13-25,34,36H,3-4,8,11-12H2,1-2H3/b31-25-. The number of ketones is 1. The molecular weight excluding hydrogens is 548 g/mol. The number of carbonyl (C=O) groups is 2. The fourth-order valence-corrected chi connectivity index (χ4v) is 6.11. The van der Waals surface area contributed by atoms with Crippen LogP contribution in [0.4, 0.5) is 0 Å². The van der Waals surface area contributed by atoms with E-state index in [9.17, 15) is 9.59 Å². The van der Waals surface area contributed by atoms with Gasteiger partial charge in [-0.15, -0.1) is 0 Å². The molecule has 6 heteroatoms. The van der Waals surface area contributed by atoms with E-state index in [4.69, 9.17) is 14.6 Å². The van der Waals surface area contributed by atoms with Crippen molar-refractivity contribution >= 4 is 23.5 Å². The van der Waals surface area contributed by atoms with Crippen LogP contribution in [0.1, 0.15) is 76.6 Å². The van der Waals surface area contributed by atoms with Crippen molar-refractivity contribution in [1.29, 1.82) is 0 Å². The molecule has 1 aliphatic heterocycles. The Hall–Kier alpha value is -4.97. The van der Waals surface area contributed by atoms with Gasteiger partial charge in [0.15, 0.2) is 5.78 Å². The summed E-state index contributed by atoms with van der Waals surface area (Å²) >= 11 is 0. The summed E-state index contributed by atoms with van der Waals surface area (Å²) in [6, 6.07) is 31.9. The summed E-state index contributed by atoms with van der Waals surface area (Å²) in [6.07, 6.45) is 5.04. The number of ether oxygens (including phenoxy) is 2. The molecule has 1 amide bonds. The highest BCUT2D eigenvalue weighted by Gasteiger charge is 2.44. The molecule has 2 unspecified atom stereocenters. The zero-order chi connectivity index (χ0) is 30.5. The second-order valence-electron chi connectivity index (χ2n) is 11.0. The molecule has 1 saturated carbocycles. The van der Waals surface area contributed by atoms with Gasteiger partial charge in [-0.1, -0.05) is 66.7 Å². The molecule has 0 saturated heterocycles. The van der Waals surface area contributed by atoms with E-state index in [0.29, 0.717) is 29.9 Å². The average molecular weight is 585 g/mol. The van der Waals surface area contributed by atoms with Crippen LogP contribution in [0.15, 0.2) is 114 Å². The lowest BCUT2D eigenvalue weighted by Gasteiger charge is -2.30. The van der Waals surface area contributed by atoms with Crippen LogP contribution >= 0.6 is 0 Å². The number of rotatable bonds is 9. The third kappa shape index (κ3) is 6.06. The van der Waals surface area contributed by atoms with Crippen molar-refractivity contribution in [3.8, 4) is 11.5 Å². The van der Waals surface area contributed by atoms with E-state index in [2.05, 4.69) is 18.2 Å². The van der Waals surface area contributed by atoms with Crippen LogP contribution in [-0.2, 0) is 0 Å². The van der Waals surface area contributed by atoms with E-state index in [1.807, 2.05) is 68.4 Å². The Bertz CT molecular complexity index is 1670. The van der Waals surface area contributed by atoms with Gasteiger partial charge in [0.1, 0.15) is 11.5 Å². The predicted molar refractivity (Wildman–Crippen MR) is 173 cm³/mol. The van der Waals surface area contributed by atoms with Gasteiger partial charge in [0.25, 0.3) is 5.91 Å². The van der Waals surface area contributed by atoms with Crippen LogP contribution in [0.2, 0.25) is 0 Å². The van der Waals surface area contributed by atoms with Crippen LogP contribution in [0.5, 0.6) is 11.5 Å². The summed E-state index contributed by atoms with van der Waals surface area (Å²) in [7, 11) is 0. The number of hydrogen-bond donors (Lipinski definition) is 0. The van der Waals surface area contributed by atoms with Gasteiger partial charge in [-0.3, -0.25) is 9.59 Å². The summed E-state index contributed by atoms with van der Waals surface area (Å²) in [5.74, 6) is 1.45. The zero-order valence-electron chi connectivity index (χ0n) is 25.1. The van der Waals surface area contributed by atoms with E-state index in [0.717, 1.165) is 53.2 Å². The zero-order valence-corrected chi connectivity index (χ0v) is 25.1. The monoisotopic (exact) mass is 584 g/mol. The molecule has 0 aromatic heterocycles. The molecule has 6 nitrogen and oxygen atoms in total. The smallest absolute Gasteiger partial charge is 0.274 e. The maximum absolute atomic E-state index is 14.1. The van der Waals surface area contributed by atoms with Crippen molar-refractivity contribution in [1.82, 2.24) is 5.01 Å². The molecule has 1 aliphatic carbocycles. The largest absolute Gasteiger partial charge is 0.494 e. The van der Waals surface area contributed by atoms with Crippen molar-refractivity contribution in [2.45, 2.75) is 39.2 Å². The van der Waals surface area contributed by atoms with Gasteiger partial charge < -0.3 is 9.47 Å². The predicted octanol–water partition coefficient (Wildman–Crippen LogP) is 8.15. The first kappa shape index (κ1) is 29.1. The lowest BCUT2D eigenvalue weighted by Crippen LogP contribution is -2.32. The average Bonchev–Trinajstić information content (AvgIpc) is 3.47. The van der Waals surface area contributed by atoms with Crippen LogP contribution in [-0.4, -0.2) is 35.6 Å². The molecule has 4 aromatic rings. The number of amides is 1. The maximum atomic E-state index is 14.1. The van der Waals surface area contributed by atoms with Crippen molar-refractivity contribution in [3.05, 3.63) is 137 Å². The van der Waals surface area contributed by atoms with Crippen molar-refractivity contribution in [2.24, 2.45) is 11.0 Å². The molecule has 0 bridgehead atoms. The second kappa shape index (κ2) is 13.1. The molecule has 6 rings (SSSR count). The second-order valence-corrected chi connectivity index (χ2v) is 11.0. The molecule has 222 valence electrons. The summed E-state index contributed by atoms with van der Waals surface area (Å²) in [5.41, 5.74) is 5.86. The SMILES string of the molecule is CCOc1ccc(/C=C2/CCCC3C2=NN(C(=O)c2ccc(C(=O)c4ccccc4)cc2)C3c2ccc(OCC)cc2)cc1. The van der Waals surface area contributed by atoms with E-state index in [-0.39, 0.29) is 23.7 Å². The highest BCUT2D eigenvalue weighted by molar-refractivity contribution is 6.10. The molecule has 0 spiro atoms. The number of benzene rings is 4. The molecule has 1 fully saturated rings. The number of carbonyl (C=O) groups excluding carboxylic acids is 2. The summed E-state index contributed by atoms with van der Waals surface area (Å²) < 4.78 is 11.3. The summed E-state index contributed by atoms with van der Waals surface area (Å²) in [5, 5.41) is 6.70. The molecule has 0 N–H and O–H groups in total. The normalized spacial score (nSPS) is 18.5. The highest BCUT2D eigenvalue weighted by atomic mass is 16.5. The topological polar surface area (TPSA) is 68.2 Å². The lowest BCUT2D eigenvalue weighted by atomic mass is 9.77. The number of fused-ring (bicyclic) bond motifs is 1. The van der Waals surface area contributed by atoms with Crippen molar-refractivity contribution < 1.29 is 19.1 Å². The van der Waals surface area contributed by atoms with Gasteiger partial charge in [-0.25, -0.2) is 5.01 Å². The molecule has 1 heterocycles. The number of hydrogen-bond acceptors (Lipinski definition) is 5. The first-order chi connectivity index (χ1) is 21.6. The Morgan fingerprint density at radius 2 is 1.36 bits per heavy atom. The Morgan fingerprint density at radius 1 is 0.773 bits per heavy atom. The quantitative estimate of drug-likeness (QED) is 0.186. The summed E-state index contributed by atoms with van der Waals surface area (Å²) in [6.45, 7) is 5.15. The van der Waals surface area contributed by atoms with Gasteiger partial charge in [0, 0.05) is 22.6 Å². The van der Waals surface area contributed by atoms with E-state index < -0.39 is 0 Å². The fraction of sp³-hybridized carbons (Fsp3) is 0.237. The maximum Gasteiger partial charge on any atom is 0.274 e. The Kier molecular flexibility index (Phi) is 8.69. The van der Waals surface area contributed by atoms with Gasteiger partial charge in [0.05, 0.1) is 25.0 Å². The fourth-order valence-electron chi connectivity index (χ4n) is 6.11. The minimum atomic E-state index is -0.247. The van der Waals surface area contributed by atoms with Crippen LogP contribution in [0.25, 0.3) is 6.08 Å². The third-order valence-electron chi connectivity index (χ3n) is 8.20. The Labute approximate surface area is 258 Å². The third-order valence-corrected chi connectivity index (χ3v) is 8.20. The Morgan fingerprint density at radius 3 is 2.00 bits per heavy atom. The number of nitrogens with zero attached hydrogens (tertiary/aromatic N) is 2. The van der Waals surface area contributed by atoms with E-state index >= 15 is 0 Å². The van der Waals surface area contributed by atoms with Gasteiger partial charge >= 0.3 is 0 Å². The number of hydrazone groups is 1. The van der Waals surface area contributed by atoms with Gasteiger partial charge in [0.2, 0.25) is 0 Å². The molecule has 2 atom stereocenters. The molecule has 44 heavy (non-hydrogen) atoms. The van der Waals surface area contributed by atoms with Crippen molar-refractivity contribution in [3.63, 3.8) is 0 Å². The van der Waals surface area contributed by atoms with Crippen molar-refractivity contribution in [2.75, 3.05) is 13.2 Å². The van der Waals surface area contributed by atoms with Crippen LogP contribution in [0, 0.1) is 5.92 Å². The minimum absolute atomic E-state index is 0.0681. The summed E-state index contributed by atoms with van der Waals surface area (Å²) in [4.78, 5) is 27.1.